The van der Waals surface area contributed by atoms with Crippen LogP contribution in [-0.4, -0.2) is 24.5 Å². The van der Waals surface area contributed by atoms with Crippen LogP contribution >= 0.6 is 0 Å². The lowest BCUT2D eigenvalue weighted by molar-refractivity contribution is -0.120. The highest BCUT2D eigenvalue weighted by Crippen LogP contribution is 2.29. The van der Waals surface area contributed by atoms with Gasteiger partial charge in [0.25, 0.3) is 0 Å². The fourth-order valence-corrected chi connectivity index (χ4v) is 4.56. The zero-order chi connectivity index (χ0) is 16.6. The van der Waals surface area contributed by atoms with E-state index >= 15 is 0 Å². The second-order valence-electron chi connectivity index (χ2n) is 5.96. The van der Waals surface area contributed by atoms with Crippen molar-refractivity contribution in [3.63, 3.8) is 0 Å². The number of aryl methyl sites for hydroxylation is 1. The van der Waals surface area contributed by atoms with Gasteiger partial charge in [-0.15, -0.1) is 0 Å². The van der Waals surface area contributed by atoms with Crippen molar-refractivity contribution >= 4 is 15.8 Å². The zero-order valence-electron chi connectivity index (χ0n) is 13.2. The van der Waals surface area contributed by atoms with E-state index in [1.807, 2.05) is 31.2 Å². The average Bonchev–Trinajstić information content (AvgIpc) is 2.54. The minimum absolute atomic E-state index is 0.129. The largest absolute Gasteiger partial charge is 0.298 e. The number of hydrogen-bond acceptors (Lipinski definition) is 3. The van der Waals surface area contributed by atoms with E-state index in [4.69, 9.17) is 0 Å². The molecule has 0 saturated carbocycles. The smallest absolute Gasteiger partial charge is 0.244 e. The van der Waals surface area contributed by atoms with E-state index < -0.39 is 16.1 Å². The lowest BCUT2D eigenvalue weighted by Gasteiger charge is -2.34. The Morgan fingerprint density at radius 1 is 1.04 bits per heavy atom. The minimum atomic E-state index is -3.70. The Hall–Kier alpha value is -1.98. The number of sulfonamides is 1. The zero-order valence-corrected chi connectivity index (χ0v) is 14.0. The molecular formula is C18H19NO3S. The van der Waals surface area contributed by atoms with Crippen LogP contribution in [0.15, 0.2) is 53.4 Å². The third-order valence-corrected chi connectivity index (χ3v) is 6.17. The first-order valence-corrected chi connectivity index (χ1v) is 8.99. The summed E-state index contributed by atoms with van der Waals surface area (Å²) >= 11 is 0. The Labute approximate surface area is 136 Å². The van der Waals surface area contributed by atoms with Gasteiger partial charge in [-0.1, -0.05) is 42.0 Å². The quantitative estimate of drug-likeness (QED) is 0.870. The molecule has 120 valence electrons. The van der Waals surface area contributed by atoms with E-state index in [0.717, 1.165) is 16.7 Å². The van der Waals surface area contributed by atoms with Gasteiger partial charge in [-0.25, -0.2) is 8.42 Å². The monoisotopic (exact) mass is 329 g/mol. The molecule has 1 aliphatic rings. The number of ketones is 1. The summed E-state index contributed by atoms with van der Waals surface area (Å²) in [5.41, 5.74) is 3.00. The van der Waals surface area contributed by atoms with Crippen molar-refractivity contribution in [3.8, 4) is 0 Å². The van der Waals surface area contributed by atoms with Gasteiger partial charge in [0.2, 0.25) is 10.0 Å². The van der Waals surface area contributed by atoms with Gasteiger partial charge in [0, 0.05) is 6.54 Å². The number of Topliss-reactive ketones (excluding diaryl/α,β-unsaturated/α-hetero) is 1. The molecule has 2 aromatic carbocycles. The van der Waals surface area contributed by atoms with Crippen molar-refractivity contribution in [1.82, 2.24) is 4.31 Å². The number of rotatable bonds is 3. The second-order valence-corrected chi connectivity index (χ2v) is 7.85. The van der Waals surface area contributed by atoms with Crippen LogP contribution < -0.4 is 0 Å². The van der Waals surface area contributed by atoms with E-state index in [0.29, 0.717) is 6.42 Å². The topological polar surface area (TPSA) is 54.5 Å². The fraction of sp³-hybridized carbons (Fsp3) is 0.278. The SMILES string of the molecule is CC(=O)[C@H]1Cc2ccccc2CN1S(=O)(=O)c1ccc(C)cc1. The summed E-state index contributed by atoms with van der Waals surface area (Å²) in [7, 11) is -3.70. The Bertz CT molecular complexity index is 841. The normalized spacial score (nSPS) is 18.4. The van der Waals surface area contributed by atoms with Gasteiger partial charge in [0.05, 0.1) is 10.9 Å². The fourth-order valence-electron chi connectivity index (χ4n) is 2.94. The van der Waals surface area contributed by atoms with E-state index in [9.17, 15) is 13.2 Å². The van der Waals surface area contributed by atoms with Crippen molar-refractivity contribution in [2.24, 2.45) is 0 Å². The molecule has 0 bridgehead atoms. The van der Waals surface area contributed by atoms with Gasteiger partial charge >= 0.3 is 0 Å². The maximum Gasteiger partial charge on any atom is 0.244 e. The van der Waals surface area contributed by atoms with Crippen LogP contribution in [0.3, 0.4) is 0 Å². The number of hydrogen-bond donors (Lipinski definition) is 0. The molecule has 1 aliphatic heterocycles. The standard InChI is InChI=1S/C18H19NO3S/c1-13-7-9-17(10-8-13)23(21,22)19-12-16-6-4-3-5-15(16)11-18(19)14(2)20/h3-10,18H,11-12H2,1-2H3/t18-/m1/s1. The number of benzene rings is 2. The molecule has 0 aliphatic carbocycles. The molecule has 0 saturated heterocycles. The van der Waals surface area contributed by atoms with Crippen molar-refractivity contribution in [2.45, 2.75) is 37.8 Å². The summed E-state index contributed by atoms with van der Waals surface area (Å²) in [5, 5.41) is 0. The minimum Gasteiger partial charge on any atom is -0.298 e. The van der Waals surface area contributed by atoms with E-state index in [2.05, 4.69) is 0 Å². The van der Waals surface area contributed by atoms with Gasteiger partial charge in [-0.3, -0.25) is 4.79 Å². The Kier molecular flexibility index (Phi) is 4.08. The molecule has 1 heterocycles. The van der Waals surface area contributed by atoms with Crippen LogP contribution in [0.4, 0.5) is 0 Å². The molecule has 23 heavy (non-hydrogen) atoms. The first-order chi connectivity index (χ1) is 10.9. The van der Waals surface area contributed by atoms with Crippen LogP contribution in [-0.2, 0) is 27.8 Å². The lowest BCUT2D eigenvalue weighted by atomic mass is 9.94. The van der Waals surface area contributed by atoms with Crippen molar-refractivity contribution in [3.05, 3.63) is 65.2 Å². The van der Waals surface area contributed by atoms with Crippen LogP contribution in [0.1, 0.15) is 23.6 Å². The summed E-state index contributed by atoms with van der Waals surface area (Å²) in [5.74, 6) is -0.129. The number of carbonyl (C=O) groups excluding carboxylic acids is 1. The highest BCUT2D eigenvalue weighted by atomic mass is 32.2. The summed E-state index contributed by atoms with van der Waals surface area (Å²) in [6.45, 7) is 3.60. The number of nitrogens with zero attached hydrogens (tertiary/aromatic N) is 1. The Morgan fingerprint density at radius 3 is 2.26 bits per heavy atom. The molecule has 3 rings (SSSR count). The maximum absolute atomic E-state index is 13.0. The molecule has 2 aromatic rings. The van der Waals surface area contributed by atoms with Crippen molar-refractivity contribution in [1.29, 1.82) is 0 Å². The van der Waals surface area contributed by atoms with Crippen molar-refractivity contribution < 1.29 is 13.2 Å². The molecule has 0 spiro atoms. The lowest BCUT2D eigenvalue weighted by Crippen LogP contribution is -2.47. The van der Waals surface area contributed by atoms with E-state index in [1.54, 1.807) is 24.3 Å². The van der Waals surface area contributed by atoms with Gasteiger partial charge in [-0.2, -0.15) is 4.31 Å². The predicted molar refractivity (Wildman–Crippen MR) is 88.5 cm³/mol. The maximum atomic E-state index is 13.0. The molecule has 0 fully saturated rings. The third kappa shape index (κ3) is 2.94. The Balaban J connectivity index is 2.05. The molecule has 0 radical (unpaired) electrons. The summed E-state index contributed by atoms with van der Waals surface area (Å²) in [6.07, 6.45) is 0.427. The van der Waals surface area contributed by atoms with Crippen LogP contribution in [0.2, 0.25) is 0 Å². The van der Waals surface area contributed by atoms with Crippen LogP contribution in [0.5, 0.6) is 0 Å². The summed E-state index contributed by atoms with van der Waals surface area (Å²) in [6, 6.07) is 13.8. The first-order valence-electron chi connectivity index (χ1n) is 7.55. The molecular weight excluding hydrogens is 310 g/mol. The Morgan fingerprint density at radius 2 is 1.65 bits per heavy atom. The van der Waals surface area contributed by atoms with Gasteiger partial charge in [-0.05, 0) is 43.5 Å². The molecule has 1 atom stereocenters. The molecule has 0 unspecified atom stereocenters. The van der Waals surface area contributed by atoms with E-state index in [1.165, 1.54) is 11.2 Å². The summed E-state index contributed by atoms with van der Waals surface area (Å²) in [4.78, 5) is 12.3. The van der Waals surface area contributed by atoms with Crippen LogP contribution in [0, 0.1) is 6.92 Å². The molecule has 0 aromatic heterocycles. The molecule has 4 nitrogen and oxygen atoms in total. The second kappa shape index (κ2) is 5.91. The highest BCUT2D eigenvalue weighted by molar-refractivity contribution is 7.89. The third-order valence-electron chi connectivity index (χ3n) is 4.30. The number of fused-ring (bicyclic) bond motifs is 1. The van der Waals surface area contributed by atoms with Gasteiger partial charge in [0.1, 0.15) is 5.78 Å². The molecule has 0 amide bonds. The molecule has 5 heteroatoms. The number of carbonyl (C=O) groups is 1. The first kappa shape index (κ1) is 15.9. The highest BCUT2D eigenvalue weighted by Gasteiger charge is 2.37. The molecule has 0 N–H and O–H groups in total. The van der Waals surface area contributed by atoms with Crippen LogP contribution in [0.25, 0.3) is 0 Å². The van der Waals surface area contributed by atoms with Crippen molar-refractivity contribution in [2.75, 3.05) is 0 Å². The van der Waals surface area contributed by atoms with E-state index in [-0.39, 0.29) is 17.2 Å². The van der Waals surface area contributed by atoms with Gasteiger partial charge in [0.15, 0.2) is 0 Å². The van der Waals surface area contributed by atoms with Gasteiger partial charge < -0.3 is 0 Å². The average molecular weight is 329 g/mol. The summed E-state index contributed by atoms with van der Waals surface area (Å²) < 4.78 is 27.3. The predicted octanol–water partition coefficient (Wildman–Crippen LogP) is 2.70.